The lowest BCUT2D eigenvalue weighted by molar-refractivity contribution is 0.0505. The molecule has 0 radical (unpaired) electrons. The lowest BCUT2D eigenvalue weighted by atomic mass is 10.1. The minimum atomic E-state index is 0.509. The first-order chi connectivity index (χ1) is 9.25. The van der Waals surface area contributed by atoms with Gasteiger partial charge < -0.3 is 9.47 Å². The fourth-order valence-corrected chi connectivity index (χ4v) is 2.39. The zero-order valence-corrected chi connectivity index (χ0v) is 11.9. The summed E-state index contributed by atoms with van der Waals surface area (Å²) in [5, 5.41) is 0. The smallest absolute Gasteiger partial charge is 0.119 e. The van der Waals surface area contributed by atoms with Crippen molar-refractivity contribution in [3.05, 3.63) is 36.4 Å². The summed E-state index contributed by atoms with van der Waals surface area (Å²) in [7, 11) is 0. The molecule has 104 valence electrons. The van der Waals surface area contributed by atoms with Crippen LogP contribution in [0, 0.1) is 0 Å². The van der Waals surface area contributed by atoms with Crippen molar-refractivity contribution < 1.29 is 9.47 Å². The molecule has 0 N–H and O–H groups in total. The van der Waals surface area contributed by atoms with Gasteiger partial charge in [-0.05, 0) is 37.5 Å². The Morgan fingerprint density at radius 1 is 1.16 bits per heavy atom. The summed E-state index contributed by atoms with van der Waals surface area (Å²) in [6.45, 7) is 7.47. The van der Waals surface area contributed by atoms with Crippen molar-refractivity contribution in [1.29, 1.82) is 0 Å². The van der Waals surface area contributed by atoms with E-state index in [4.69, 9.17) is 9.47 Å². The van der Waals surface area contributed by atoms with Gasteiger partial charge in [-0.1, -0.05) is 37.1 Å². The van der Waals surface area contributed by atoms with E-state index in [2.05, 4.69) is 6.58 Å². The average Bonchev–Trinajstić information content (AvgIpc) is 2.92. The highest BCUT2D eigenvalue weighted by Crippen LogP contribution is 2.21. The highest BCUT2D eigenvalue weighted by Gasteiger charge is 2.14. The van der Waals surface area contributed by atoms with Gasteiger partial charge in [0.15, 0.2) is 0 Å². The first-order valence-corrected chi connectivity index (χ1v) is 7.26. The van der Waals surface area contributed by atoms with Gasteiger partial charge in [0.25, 0.3) is 0 Å². The third-order valence-electron chi connectivity index (χ3n) is 3.56. The molecule has 0 spiro atoms. The van der Waals surface area contributed by atoms with Gasteiger partial charge in [-0.15, -0.1) is 0 Å². The Morgan fingerprint density at radius 2 is 1.84 bits per heavy atom. The molecule has 0 unspecified atom stereocenters. The largest absolute Gasteiger partial charge is 0.494 e. The summed E-state index contributed by atoms with van der Waals surface area (Å²) in [4.78, 5) is 0. The van der Waals surface area contributed by atoms with E-state index in [-0.39, 0.29) is 0 Å². The Labute approximate surface area is 116 Å². The summed E-state index contributed by atoms with van der Waals surface area (Å²) in [5.74, 6) is 0.922. The minimum Gasteiger partial charge on any atom is -0.494 e. The Morgan fingerprint density at radius 3 is 2.47 bits per heavy atom. The summed E-state index contributed by atoms with van der Waals surface area (Å²) in [6.07, 6.45) is 6.60. The van der Waals surface area contributed by atoms with Crippen molar-refractivity contribution in [2.45, 2.75) is 45.1 Å². The molecular formula is C17H24O2. The monoisotopic (exact) mass is 260 g/mol. The number of hydrogen-bond donors (Lipinski definition) is 0. The molecule has 2 nitrogen and oxygen atoms in total. The van der Waals surface area contributed by atoms with E-state index in [1.165, 1.54) is 25.7 Å². The van der Waals surface area contributed by atoms with Crippen LogP contribution in [-0.4, -0.2) is 19.3 Å². The van der Waals surface area contributed by atoms with Gasteiger partial charge in [-0.2, -0.15) is 0 Å². The maximum atomic E-state index is 5.80. The molecule has 0 aliphatic heterocycles. The maximum absolute atomic E-state index is 5.80. The van der Waals surface area contributed by atoms with E-state index in [1.807, 2.05) is 31.2 Å². The van der Waals surface area contributed by atoms with Crippen molar-refractivity contribution in [1.82, 2.24) is 0 Å². The van der Waals surface area contributed by atoms with Gasteiger partial charge >= 0.3 is 0 Å². The normalized spacial score (nSPS) is 15.6. The molecule has 0 atom stereocenters. The highest BCUT2D eigenvalue weighted by atomic mass is 16.5. The fraction of sp³-hybridized carbons (Fsp3) is 0.529. The van der Waals surface area contributed by atoms with Crippen molar-refractivity contribution in [2.75, 3.05) is 13.2 Å². The molecule has 1 aliphatic rings. The molecule has 2 heteroatoms. The molecule has 1 fully saturated rings. The molecule has 0 aromatic heterocycles. The molecule has 19 heavy (non-hydrogen) atoms. The maximum Gasteiger partial charge on any atom is 0.119 e. The van der Waals surface area contributed by atoms with Crippen LogP contribution in [0.1, 0.15) is 44.6 Å². The highest BCUT2D eigenvalue weighted by molar-refractivity contribution is 5.61. The Bertz CT molecular complexity index is 388. The van der Waals surface area contributed by atoms with Crippen LogP contribution in [0.5, 0.6) is 5.75 Å². The second-order valence-corrected chi connectivity index (χ2v) is 5.28. The second-order valence-electron chi connectivity index (χ2n) is 5.28. The van der Waals surface area contributed by atoms with Crippen molar-refractivity contribution in [3.63, 3.8) is 0 Å². The molecular weight excluding hydrogens is 236 g/mol. The van der Waals surface area contributed by atoms with Crippen LogP contribution in [-0.2, 0) is 4.74 Å². The first kappa shape index (κ1) is 14.1. The Balaban J connectivity index is 1.61. The van der Waals surface area contributed by atoms with E-state index >= 15 is 0 Å². The SMILES string of the molecule is C=C(C)c1ccc(OCCCOC2CCCC2)cc1. The summed E-state index contributed by atoms with van der Waals surface area (Å²) in [5.41, 5.74) is 2.24. The molecule has 1 aliphatic carbocycles. The van der Waals surface area contributed by atoms with E-state index in [9.17, 15) is 0 Å². The zero-order valence-electron chi connectivity index (χ0n) is 11.9. The van der Waals surface area contributed by atoms with Crippen LogP contribution in [0.4, 0.5) is 0 Å². The number of ether oxygens (including phenoxy) is 2. The van der Waals surface area contributed by atoms with Gasteiger partial charge in [0.2, 0.25) is 0 Å². The van der Waals surface area contributed by atoms with Gasteiger partial charge in [0, 0.05) is 6.42 Å². The molecule has 1 aromatic carbocycles. The van der Waals surface area contributed by atoms with Crippen LogP contribution in [0.15, 0.2) is 30.8 Å². The fourth-order valence-electron chi connectivity index (χ4n) is 2.39. The molecule has 0 bridgehead atoms. The van der Waals surface area contributed by atoms with Gasteiger partial charge in [0.1, 0.15) is 5.75 Å². The molecule has 0 heterocycles. The topological polar surface area (TPSA) is 18.5 Å². The molecule has 0 amide bonds. The van der Waals surface area contributed by atoms with Crippen LogP contribution in [0.2, 0.25) is 0 Å². The van der Waals surface area contributed by atoms with E-state index in [0.717, 1.165) is 36.5 Å². The lowest BCUT2D eigenvalue weighted by Crippen LogP contribution is -2.10. The minimum absolute atomic E-state index is 0.509. The first-order valence-electron chi connectivity index (χ1n) is 7.26. The molecule has 0 saturated heterocycles. The Kier molecular flexibility index (Phi) is 5.46. The van der Waals surface area contributed by atoms with E-state index in [1.54, 1.807) is 0 Å². The van der Waals surface area contributed by atoms with Crippen LogP contribution >= 0.6 is 0 Å². The van der Waals surface area contributed by atoms with E-state index in [0.29, 0.717) is 6.10 Å². The van der Waals surface area contributed by atoms with Crippen molar-refractivity contribution >= 4 is 5.57 Å². The molecule has 2 rings (SSSR count). The van der Waals surface area contributed by atoms with Crippen molar-refractivity contribution in [2.24, 2.45) is 0 Å². The van der Waals surface area contributed by atoms with Gasteiger partial charge in [-0.3, -0.25) is 0 Å². The standard InChI is InChI=1S/C17H24O2/c1-14(2)15-8-10-17(11-9-15)19-13-5-12-18-16-6-3-4-7-16/h8-11,16H,1,3-7,12-13H2,2H3. The third-order valence-corrected chi connectivity index (χ3v) is 3.56. The lowest BCUT2D eigenvalue weighted by Gasteiger charge is -2.11. The quantitative estimate of drug-likeness (QED) is 0.674. The van der Waals surface area contributed by atoms with Crippen molar-refractivity contribution in [3.8, 4) is 5.75 Å². The van der Waals surface area contributed by atoms with Crippen LogP contribution in [0.25, 0.3) is 5.57 Å². The predicted octanol–water partition coefficient (Wildman–Crippen LogP) is 4.45. The summed E-state index contributed by atoms with van der Waals surface area (Å²) in [6, 6.07) is 8.10. The van der Waals surface area contributed by atoms with Gasteiger partial charge in [0.05, 0.1) is 19.3 Å². The van der Waals surface area contributed by atoms with Crippen LogP contribution < -0.4 is 4.74 Å². The van der Waals surface area contributed by atoms with E-state index < -0.39 is 0 Å². The number of benzene rings is 1. The summed E-state index contributed by atoms with van der Waals surface area (Å²) >= 11 is 0. The van der Waals surface area contributed by atoms with Crippen LogP contribution in [0.3, 0.4) is 0 Å². The van der Waals surface area contributed by atoms with Gasteiger partial charge in [-0.25, -0.2) is 0 Å². The third kappa shape index (κ3) is 4.71. The second kappa shape index (κ2) is 7.34. The predicted molar refractivity (Wildman–Crippen MR) is 79.5 cm³/mol. The zero-order chi connectivity index (χ0) is 13.5. The molecule has 1 saturated carbocycles. The number of rotatable bonds is 7. The Hall–Kier alpha value is -1.28. The average molecular weight is 260 g/mol. The molecule has 1 aromatic rings. The number of hydrogen-bond acceptors (Lipinski definition) is 2. The summed E-state index contributed by atoms with van der Waals surface area (Å²) < 4.78 is 11.5. The number of allylic oxidation sites excluding steroid dienone is 1.